The van der Waals surface area contributed by atoms with Crippen LogP contribution in [0.5, 0.6) is 0 Å². The zero-order valence-electron chi connectivity index (χ0n) is 10.7. The van der Waals surface area contributed by atoms with Gasteiger partial charge in [-0.05, 0) is 20.8 Å². The molecule has 0 aliphatic heterocycles. The summed E-state index contributed by atoms with van der Waals surface area (Å²) in [6.45, 7) is 7.15. The number of nitrogens with zero attached hydrogens (tertiary/aromatic N) is 3. The summed E-state index contributed by atoms with van der Waals surface area (Å²) in [7, 11) is 1.99. The maximum Gasteiger partial charge on any atom is 0.106 e. The van der Waals surface area contributed by atoms with Crippen LogP contribution < -0.4 is 5.32 Å². The number of nitrogens with one attached hydrogen (secondary N) is 1. The van der Waals surface area contributed by atoms with E-state index in [0.29, 0.717) is 6.04 Å². The summed E-state index contributed by atoms with van der Waals surface area (Å²) in [6.07, 6.45) is 1.84. The summed E-state index contributed by atoms with van der Waals surface area (Å²) in [4.78, 5) is 4.27. The van der Waals surface area contributed by atoms with E-state index in [9.17, 15) is 0 Å². The molecular weight excluding hydrogens is 232 g/mol. The molecule has 0 spiro atoms. The van der Waals surface area contributed by atoms with Crippen LogP contribution in [0.1, 0.15) is 34.9 Å². The highest BCUT2D eigenvalue weighted by Crippen LogP contribution is 2.21. The lowest BCUT2D eigenvalue weighted by Crippen LogP contribution is -2.19. The van der Waals surface area contributed by atoms with Crippen molar-refractivity contribution in [2.45, 2.75) is 33.4 Å². The zero-order chi connectivity index (χ0) is 12.4. The zero-order valence-corrected chi connectivity index (χ0v) is 11.5. The van der Waals surface area contributed by atoms with E-state index in [1.807, 2.05) is 23.3 Å². The standard InChI is InChI=1S/C12H18N4S/c1-8(14-7-11-13-5-6-17-11)12-9(2)15-16(4)10(12)3/h5-6,8,14H,7H2,1-4H3. The number of aromatic nitrogens is 3. The molecule has 2 heterocycles. The number of aryl methyl sites for hydroxylation is 2. The lowest BCUT2D eigenvalue weighted by molar-refractivity contribution is 0.567. The average Bonchev–Trinajstić information content (AvgIpc) is 2.86. The Balaban J connectivity index is 2.07. The van der Waals surface area contributed by atoms with E-state index >= 15 is 0 Å². The van der Waals surface area contributed by atoms with Gasteiger partial charge in [-0.1, -0.05) is 0 Å². The summed E-state index contributed by atoms with van der Waals surface area (Å²) >= 11 is 1.68. The normalized spacial score (nSPS) is 12.9. The van der Waals surface area contributed by atoms with E-state index < -0.39 is 0 Å². The minimum atomic E-state index is 0.299. The van der Waals surface area contributed by atoms with E-state index in [1.54, 1.807) is 11.3 Å². The highest BCUT2D eigenvalue weighted by molar-refractivity contribution is 7.09. The van der Waals surface area contributed by atoms with Gasteiger partial charge in [0.05, 0.1) is 5.69 Å². The predicted octanol–water partition coefficient (Wildman–Crippen LogP) is 2.34. The highest BCUT2D eigenvalue weighted by atomic mass is 32.1. The van der Waals surface area contributed by atoms with Crippen molar-refractivity contribution in [1.82, 2.24) is 20.1 Å². The molecule has 2 aromatic heterocycles. The second kappa shape index (κ2) is 4.98. The van der Waals surface area contributed by atoms with Crippen molar-refractivity contribution in [2.75, 3.05) is 0 Å². The topological polar surface area (TPSA) is 42.7 Å². The smallest absolute Gasteiger partial charge is 0.106 e. The lowest BCUT2D eigenvalue weighted by atomic mass is 10.1. The third kappa shape index (κ3) is 2.56. The average molecular weight is 250 g/mol. The Bertz CT molecular complexity index is 487. The van der Waals surface area contributed by atoms with Crippen molar-refractivity contribution < 1.29 is 0 Å². The first-order valence-electron chi connectivity index (χ1n) is 5.71. The molecule has 0 aliphatic carbocycles. The van der Waals surface area contributed by atoms with Gasteiger partial charge in [0.15, 0.2) is 0 Å². The first kappa shape index (κ1) is 12.3. The van der Waals surface area contributed by atoms with E-state index in [0.717, 1.165) is 17.2 Å². The molecule has 4 nitrogen and oxygen atoms in total. The second-order valence-electron chi connectivity index (χ2n) is 4.24. The van der Waals surface area contributed by atoms with E-state index in [-0.39, 0.29) is 0 Å². The van der Waals surface area contributed by atoms with Gasteiger partial charge < -0.3 is 5.32 Å². The fourth-order valence-corrected chi connectivity index (χ4v) is 2.67. The Morgan fingerprint density at radius 1 is 1.47 bits per heavy atom. The van der Waals surface area contributed by atoms with Gasteiger partial charge in [0, 0.05) is 42.5 Å². The van der Waals surface area contributed by atoms with Gasteiger partial charge in [0.1, 0.15) is 5.01 Å². The number of hydrogen-bond acceptors (Lipinski definition) is 4. The van der Waals surface area contributed by atoms with Crippen LogP contribution in [0.4, 0.5) is 0 Å². The van der Waals surface area contributed by atoms with Crippen LogP contribution in [0.15, 0.2) is 11.6 Å². The van der Waals surface area contributed by atoms with Crippen molar-refractivity contribution in [2.24, 2.45) is 7.05 Å². The van der Waals surface area contributed by atoms with Gasteiger partial charge in [-0.25, -0.2) is 4.98 Å². The van der Waals surface area contributed by atoms with Crippen molar-refractivity contribution >= 4 is 11.3 Å². The van der Waals surface area contributed by atoms with E-state index in [2.05, 4.69) is 36.2 Å². The maximum atomic E-state index is 4.44. The Morgan fingerprint density at radius 2 is 2.24 bits per heavy atom. The molecular formula is C12H18N4S. The molecule has 0 saturated carbocycles. The minimum Gasteiger partial charge on any atom is -0.304 e. The molecule has 92 valence electrons. The van der Waals surface area contributed by atoms with Crippen LogP contribution in [-0.2, 0) is 13.6 Å². The van der Waals surface area contributed by atoms with E-state index in [4.69, 9.17) is 0 Å². The first-order chi connectivity index (χ1) is 8.09. The van der Waals surface area contributed by atoms with Gasteiger partial charge in [-0.15, -0.1) is 11.3 Å². The van der Waals surface area contributed by atoms with Crippen molar-refractivity contribution in [1.29, 1.82) is 0 Å². The molecule has 0 radical (unpaired) electrons. The van der Waals surface area contributed by atoms with Gasteiger partial charge in [0.2, 0.25) is 0 Å². The van der Waals surface area contributed by atoms with Gasteiger partial charge in [-0.2, -0.15) is 5.10 Å². The first-order valence-corrected chi connectivity index (χ1v) is 6.59. The minimum absolute atomic E-state index is 0.299. The molecule has 1 atom stereocenters. The number of hydrogen-bond donors (Lipinski definition) is 1. The quantitative estimate of drug-likeness (QED) is 0.905. The lowest BCUT2D eigenvalue weighted by Gasteiger charge is -2.13. The van der Waals surface area contributed by atoms with Crippen molar-refractivity contribution in [3.8, 4) is 0 Å². The fourth-order valence-electron chi connectivity index (χ4n) is 2.10. The van der Waals surface area contributed by atoms with Crippen LogP contribution in [0.25, 0.3) is 0 Å². The monoisotopic (exact) mass is 250 g/mol. The molecule has 0 saturated heterocycles. The summed E-state index contributed by atoms with van der Waals surface area (Å²) < 4.78 is 1.94. The summed E-state index contributed by atoms with van der Waals surface area (Å²) in [5, 5.41) is 11.1. The summed E-state index contributed by atoms with van der Waals surface area (Å²) in [5.41, 5.74) is 3.62. The van der Waals surface area contributed by atoms with Crippen LogP contribution in [0.3, 0.4) is 0 Å². The molecule has 0 amide bonds. The van der Waals surface area contributed by atoms with Crippen LogP contribution in [0.2, 0.25) is 0 Å². The molecule has 5 heteroatoms. The molecule has 17 heavy (non-hydrogen) atoms. The predicted molar refractivity (Wildman–Crippen MR) is 70.1 cm³/mol. The van der Waals surface area contributed by atoms with Crippen LogP contribution in [-0.4, -0.2) is 14.8 Å². The summed E-state index contributed by atoms with van der Waals surface area (Å²) in [5.74, 6) is 0. The number of thiazole rings is 1. The third-order valence-electron chi connectivity index (χ3n) is 3.04. The highest BCUT2D eigenvalue weighted by Gasteiger charge is 2.15. The van der Waals surface area contributed by atoms with Gasteiger partial charge >= 0.3 is 0 Å². The number of rotatable bonds is 4. The summed E-state index contributed by atoms with van der Waals surface area (Å²) in [6, 6.07) is 0.299. The van der Waals surface area contributed by atoms with Crippen molar-refractivity contribution in [3.05, 3.63) is 33.5 Å². The van der Waals surface area contributed by atoms with Crippen molar-refractivity contribution in [3.63, 3.8) is 0 Å². The van der Waals surface area contributed by atoms with Gasteiger partial charge in [-0.3, -0.25) is 4.68 Å². The Morgan fingerprint density at radius 3 is 2.76 bits per heavy atom. The second-order valence-corrected chi connectivity index (χ2v) is 5.22. The van der Waals surface area contributed by atoms with Crippen LogP contribution in [0, 0.1) is 13.8 Å². The molecule has 2 rings (SSSR count). The molecule has 0 aromatic carbocycles. The maximum absolute atomic E-state index is 4.44. The van der Waals surface area contributed by atoms with E-state index in [1.165, 1.54) is 11.3 Å². The largest absolute Gasteiger partial charge is 0.304 e. The molecule has 1 N–H and O–H groups in total. The molecule has 0 fully saturated rings. The fraction of sp³-hybridized carbons (Fsp3) is 0.500. The Kier molecular flexibility index (Phi) is 3.59. The van der Waals surface area contributed by atoms with Crippen LogP contribution >= 0.6 is 11.3 Å². The Hall–Kier alpha value is -1.20. The SMILES string of the molecule is Cc1nn(C)c(C)c1C(C)NCc1nccs1. The Labute approximate surface area is 106 Å². The molecule has 1 unspecified atom stereocenters. The third-order valence-corrected chi connectivity index (χ3v) is 3.82. The molecule has 0 bridgehead atoms. The van der Waals surface area contributed by atoms with Gasteiger partial charge in [0.25, 0.3) is 0 Å². The molecule has 2 aromatic rings. The molecule has 0 aliphatic rings.